The van der Waals surface area contributed by atoms with Gasteiger partial charge in [0.05, 0.1) is 14.9 Å². The first-order chi connectivity index (χ1) is 8.84. The Hall–Kier alpha value is -0.290. The van der Waals surface area contributed by atoms with Crippen LogP contribution in [0.25, 0.3) is 0 Å². The predicted octanol–water partition coefficient (Wildman–Crippen LogP) is 4.11. The van der Waals surface area contributed by atoms with Gasteiger partial charge in [-0.25, -0.2) is 8.42 Å². The van der Waals surface area contributed by atoms with Gasteiger partial charge in [-0.3, -0.25) is 0 Å². The number of hydrogen-bond donors (Lipinski definition) is 0. The van der Waals surface area contributed by atoms with Crippen molar-refractivity contribution in [3.05, 3.63) is 27.7 Å². The molecule has 0 aromatic heterocycles. The first kappa shape index (κ1) is 16.8. The first-order valence-electron chi connectivity index (χ1n) is 6.30. The molecule has 0 heterocycles. The number of benzene rings is 1. The molecule has 0 aliphatic rings. The summed E-state index contributed by atoms with van der Waals surface area (Å²) in [6, 6.07) is 3.03. The van der Waals surface area contributed by atoms with E-state index < -0.39 is 10.0 Å². The van der Waals surface area contributed by atoms with Crippen LogP contribution in [0.2, 0.25) is 10.0 Å². The van der Waals surface area contributed by atoms with Crippen LogP contribution in [0.15, 0.2) is 17.0 Å². The molecule has 0 aliphatic carbocycles. The molecule has 0 saturated carbocycles. The lowest BCUT2D eigenvalue weighted by Gasteiger charge is -2.22. The van der Waals surface area contributed by atoms with E-state index in [1.54, 1.807) is 13.0 Å². The highest BCUT2D eigenvalue weighted by Gasteiger charge is 2.25. The second kappa shape index (κ2) is 6.93. The fourth-order valence-corrected chi connectivity index (χ4v) is 4.20. The topological polar surface area (TPSA) is 37.4 Å². The molecule has 0 unspecified atom stereocenters. The quantitative estimate of drug-likeness (QED) is 0.789. The Balaban J connectivity index is 3.28. The van der Waals surface area contributed by atoms with Crippen LogP contribution in [0, 0.1) is 6.92 Å². The molecule has 0 saturated heterocycles. The molecule has 1 rings (SSSR count). The van der Waals surface area contributed by atoms with Crippen LogP contribution in [-0.2, 0) is 10.0 Å². The maximum absolute atomic E-state index is 12.6. The second-order valence-corrected chi connectivity index (χ2v) is 7.16. The van der Waals surface area contributed by atoms with Gasteiger partial charge in [0.1, 0.15) is 0 Å². The lowest BCUT2D eigenvalue weighted by atomic mass is 10.2. The van der Waals surface area contributed by atoms with E-state index in [4.69, 9.17) is 23.2 Å². The number of halogens is 2. The van der Waals surface area contributed by atoms with Gasteiger partial charge in [0, 0.05) is 13.1 Å². The zero-order valence-corrected chi connectivity index (χ0v) is 13.7. The molecule has 0 aliphatic heterocycles. The van der Waals surface area contributed by atoms with Gasteiger partial charge < -0.3 is 0 Å². The third-order valence-corrected chi connectivity index (χ3v) is 5.54. The average molecular weight is 324 g/mol. The van der Waals surface area contributed by atoms with Crippen molar-refractivity contribution in [3.8, 4) is 0 Å². The van der Waals surface area contributed by atoms with Gasteiger partial charge in [0.2, 0.25) is 10.0 Å². The van der Waals surface area contributed by atoms with Crippen molar-refractivity contribution < 1.29 is 8.42 Å². The summed E-state index contributed by atoms with van der Waals surface area (Å²) in [6.45, 7) is 6.66. The van der Waals surface area contributed by atoms with E-state index in [9.17, 15) is 8.42 Å². The average Bonchev–Trinajstić information content (AvgIpc) is 2.33. The van der Waals surface area contributed by atoms with E-state index in [2.05, 4.69) is 0 Å². The van der Waals surface area contributed by atoms with Crippen molar-refractivity contribution in [2.24, 2.45) is 0 Å². The van der Waals surface area contributed by atoms with E-state index in [1.807, 2.05) is 13.8 Å². The van der Waals surface area contributed by atoms with E-state index >= 15 is 0 Å². The summed E-state index contributed by atoms with van der Waals surface area (Å²) in [4.78, 5) is 0.240. The maximum atomic E-state index is 12.6. The molecular formula is C13H19Cl2NO2S. The minimum Gasteiger partial charge on any atom is -0.207 e. The Kier molecular flexibility index (Phi) is 6.12. The Morgan fingerprint density at radius 1 is 1.05 bits per heavy atom. The van der Waals surface area contributed by atoms with Crippen molar-refractivity contribution in [2.75, 3.05) is 13.1 Å². The van der Waals surface area contributed by atoms with E-state index in [0.717, 1.165) is 12.8 Å². The number of nitrogens with zero attached hydrogens (tertiary/aromatic N) is 1. The monoisotopic (exact) mass is 323 g/mol. The summed E-state index contributed by atoms with van der Waals surface area (Å²) in [7, 11) is -3.51. The van der Waals surface area contributed by atoms with E-state index in [-0.39, 0.29) is 9.92 Å². The van der Waals surface area contributed by atoms with Crippen LogP contribution in [0.5, 0.6) is 0 Å². The second-order valence-electron chi connectivity index (χ2n) is 4.44. The summed E-state index contributed by atoms with van der Waals surface area (Å²) in [5.74, 6) is 0. The molecule has 0 radical (unpaired) electrons. The zero-order valence-electron chi connectivity index (χ0n) is 11.4. The minimum atomic E-state index is -3.51. The van der Waals surface area contributed by atoms with Gasteiger partial charge in [0.15, 0.2) is 0 Å². The molecule has 0 bridgehead atoms. The van der Waals surface area contributed by atoms with Crippen LogP contribution in [0.1, 0.15) is 32.3 Å². The van der Waals surface area contributed by atoms with Crippen LogP contribution >= 0.6 is 23.2 Å². The Labute approximate surface area is 125 Å². The van der Waals surface area contributed by atoms with Crippen molar-refractivity contribution in [2.45, 2.75) is 38.5 Å². The van der Waals surface area contributed by atoms with Crippen LogP contribution in [0.3, 0.4) is 0 Å². The smallest absolute Gasteiger partial charge is 0.207 e. The molecule has 19 heavy (non-hydrogen) atoms. The number of aryl methyl sites for hydroxylation is 1. The summed E-state index contributed by atoms with van der Waals surface area (Å²) in [5, 5.41) is 0.634. The number of rotatable bonds is 6. The summed E-state index contributed by atoms with van der Waals surface area (Å²) in [5.41, 5.74) is 0.617. The molecule has 0 N–H and O–H groups in total. The third-order valence-electron chi connectivity index (χ3n) is 2.78. The van der Waals surface area contributed by atoms with Gasteiger partial charge in [-0.05, 0) is 37.5 Å². The lowest BCUT2D eigenvalue weighted by Crippen LogP contribution is -2.33. The lowest BCUT2D eigenvalue weighted by molar-refractivity contribution is 0.409. The van der Waals surface area contributed by atoms with Gasteiger partial charge in [-0.2, -0.15) is 4.31 Å². The molecule has 6 heteroatoms. The van der Waals surface area contributed by atoms with Crippen molar-refractivity contribution in [1.29, 1.82) is 0 Å². The first-order valence-corrected chi connectivity index (χ1v) is 8.50. The fraction of sp³-hybridized carbons (Fsp3) is 0.538. The van der Waals surface area contributed by atoms with Crippen molar-refractivity contribution in [1.82, 2.24) is 4.31 Å². The molecule has 3 nitrogen and oxygen atoms in total. The number of hydrogen-bond acceptors (Lipinski definition) is 2. The van der Waals surface area contributed by atoms with Crippen LogP contribution < -0.4 is 0 Å². The normalized spacial score (nSPS) is 12.1. The van der Waals surface area contributed by atoms with Gasteiger partial charge in [-0.1, -0.05) is 37.0 Å². The molecule has 0 spiro atoms. The highest BCUT2D eigenvalue weighted by molar-refractivity contribution is 7.89. The van der Waals surface area contributed by atoms with E-state index in [0.29, 0.717) is 23.7 Å². The Morgan fingerprint density at radius 3 is 2.00 bits per heavy atom. The molecule has 0 atom stereocenters. The fourth-order valence-electron chi connectivity index (χ4n) is 1.90. The standard InChI is InChI=1S/C13H19Cl2NO2S/c1-4-6-16(7-5-2)19(17,18)13-9-12(15)11(14)8-10(13)3/h8-9H,4-7H2,1-3H3. The molecule has 0 fully saturated rings. The zero-order chi connectivity index (χ0) is 14.6. The third kappa shape index (κ3) is 3.85. The highest BCUT2D eigenvalue weighted by atomic mass is 35.5. The summed E-state index contributed by atoms with van der Waals surface area (Å²) < 4.78 is 26.7. The summed E-state index contributed by atoms with van der Waals surface area (Å²) in [6.07, 6.45) is 1.55. The maximum Gasteiger partial charge on any atom is 0.243 e. The van der Waals surface area contributed by atoms with Crippen molar-refractivity contribution >= 4 is 33.2 Å². The van der Waals surface area contributed by atoms with Gasteiger partial charge in [-0.15, -0.1) is 0 Å². The van der Waals surface area contributed by atoms with Crippen LogP contribution in [0.4, 0.5) is 0 Å². The van der Waals surface area contributed by atoms with Crippen molar-refractivity contribution in [3.63, 3.8) is 0 Å². The van der Waals surface area contributed by atoms with Gasteiger partial charge >= 0.3 is 0 Å². The molecule has 108 valence electrons. The number of sulfonamides is 1. The van der Waals surface area contributed by atoms with Gasteiger partial charge in [0.25, 0.3) is 0 Å². The molecule has 1 aromatic rings. The van der Waals surface area contributed by atoms with E-state index in [1.165, 1.54) is 10.4 Å². The van der Waals surface area contributed by atoms with Crippen LogP contribution in [-0.4, -0.2) is 25.8 Å². The predicted molar refractivity (Wildman–Crippen MR) is 80.5 cm³/mol. The molecule has 0 amide bonds. The molecule has 1 aromatic carbocycles. The highest BCUT2D eigenvalue weighted by Crippen LogP contribution is 2.30. The minimum absolute atomic E-state index is 0.240. The Morgan fingerprint density at radius 2 is 1.53 bits per heavy atom. The summed E-state index contributed by atoms with van der Waals surface area (Å²) >= 11 is 11.8. The molecular weight excluding hydrogens is 305 g/mol. The Bertz CT molecular complexity index is 538. The largest absolute Gasteiger partial charge is 0.243 e. The SMILES string of the molecule is CCCN(CCC)S(=O)(=O)c1cc(Cl)c(Cl)cc1C.